The fraction of sp³-hybridized carbons (Fsp3) is 0.538. The number of hydrogen-bond donors (Lipinski definition) is 1. The van der Waals surface area contributed by atoms with Crippen molar-refractivity contribution in [3.8, 4) is 0 Å². The highest BCUT2D eigenvalue weighted by Crippen LogP contribution is 2.43. The van der Waals surface area contributed by atoms with E-state index in [9.17, 15) is 0 Å². The monoisotopic (exact) mass is 415 g/mol. The molecule has 3 aliphatic rings. The zero-order valence-corrected chi connectivity index (χ0v) is 18.3. The van der Waals surface area contributed by atoms with Gasteiger partial charge in [0.2, 0.25) is 0 Å². The standard InChI is InChI=1S/C26H33N5/c1-2-10-23-22(9-1)29-24(31(23)17-19-6-3-13-27-16-19)18-30-15-5-8-21-12-11-20-7-4-14-28-25(20)26(21)30/h1-2,4,7,9-10,14,19,21,26-27H,3,5-6,8,11-13,15-18H2/t19?,21-,26-/m0/s1. The molecule has 2 aromatic heterocycles. The Morgan fingerprint density at radius 3 is 2.94 bits per heavy atom. The van der Waals surface area contributed by atoms with Crippen molar-refractivity contribution < 1.29 is 0 Å². The van der Waals surface area contributed by atoms with Crippen LogP contribution in [-0.2, 0) is 19.5 Å². The molecule has 1 N–H and O–H groups in total. The first-order valence-electron chi connectivity index (χ1n) is 12.2. The van der Waals surface area contributed by atoms with Crippen LogP contribution in [0.4, 0.5) is 0 Å². The highest BCUT2D eigenvalue weighted by Gasteiger charge is 2.38. The summed E-state index contributed by atoms with van der Waals surface area (Å²) in [4.78, 5) is 12.7. The number of hydrogen-bond acceptors (Lipinski definition) is 4. The molecule has 2 saturated heterocycles. The van der Waals surface area contributed by atoms with Crippen molar-refractivity contribution >= 4 is 11.0 Å². The van der Waals surface area contributed by atoms with E-state index in [-0.39, 0.29) is 0 Å². The molecule has 1 aromatic carbocycles. The number of rotatable bonds is 4. The molecule has 0 spiro atoms. The van der Waals surface area contributed by atoms with Crippen LogP contribution in [0.2, 0.25) is 0 Å². The number of imidazole rings is 1. The van der Waals surface area contributed by atoms with Gasteiger partial charge in [-0.25, -0.2) is 4.98 Å². The third kappa shape index (κ3) is 3.68. The molecule has 0 radical (unpaired) electrons. The second-order valence-electron chi connectivity index (χ2n) is 9.74. The van der Waals surface area contributed by atoms with Crippen LogP contribution in [-0.4, -0.2) is 39.1 Å². The second kappa shape index (κ2) is 8.36. The van der Waals surface area contributed by atoms with E-state index < -0.39 is 0 Å². The van der Waals surface area contributed by atoms with E-state index in [1.807, 2.05) is 6.20 Å². The Kier molecular flexibility index (Phi) is 5.24. The Morgan fingerprint density at radius 1 is 1.03 bits per heavy atom. The van der Waals surface area contributed by atoms with Crippen LogP contribution in [0.25, 0.3) is 11.0 Å². The molecule has 3 atom stereocenters. The first-order valence-corrected chi connectivity index (χ1v) is 12.2. The zero-order valence-electron chi connectivity index (χ0n) is 18.3. The number of likely N-dealkylation sites (tertiary alicyclic amines) is 1. The summed E-state index contributed by atoms with van der Waals surface area (Å²) in [6, 6.07) is 13.5. The summed E-state index contributed by atoms with van der Waals surface area (Å²) in [5.41, 5.74) is 5.21. The lowest BCUT2D eigenvalue weighted by Gasteiger charge is -2.44. The molecule has 1 unspecified atom stereocenters. The topological polar surface area (TPSA) is 46.0 Å². The molecule has 5 nitrogen and oxygen atoms in total. The smallest absolute Gasteiger partial charge is 0.124 e. The molecular weight excluding hydrogens is 382 g/mol. The molecule has 31 heavy (non-hydrogen) atoms. The number of para-hydroxylation sites is 2. The minimum atomic E-state index is 0.448. The van der Waals surface area contributed by atoms with E-state index in [1.165, 1.54) is 61.1 Å². The van der Waals surface area contributed by atoms with Crippen LogP contribution in [0, 0.1) is 11.8 Å². The number of benzene rings is 1. The van der Waals surface area contributed by atoms with Gasteiger partial charge in [0.1, 0.15) is 5.82 Å². The zero-order chi connectivity index (χ0) is 20.6. The summed E-state index contributed by atoms with van der Waals surface area (Å²) < 4.78 is 2.53. The number of aromatic nitrogens is 3. The van der Waals surface area contributed by atoms with Gasteiger partial charge in [-0.3, -0.25) is 9.88 Å². The molecular formula is C26H33N5. The lowest BCUT2D eigenvalue weighted by atomic mass is 9.77. The van der Waals surface area contributed by atoms with E-state index in [2.05, 4.69) is 51.2 Å². The Hall–Kier alpha value is -2.24. The quantitative estimate of drug-likeness (QED) is 0.689. The second-order valence-corrected chi connectivity index (χ2v) is 9.74. The van der Waals surface area contributed by atoms with Crippen LogP contribution in [0.3, 0.4) is 0 Å². The minimum absolute atomic E-state index is 0.448. The molecule has 6 rings (SSSR count). The number of fused-ring (bicyclic) bond motifs is 4. The first kappa shape index (κ1) is 19.4. The number of nitrogens with one attached hydrogen (secondary N) is 1. The summed E-state index contributed by atoms with van der Waals surface area (Å²) in [6.07, 6.45) is 9.68. The van der Waals surface area contributed by atoms with Gasteiger partial charge in [0, 0.05) is 12.7 Å². The molecule has 2 aliphatic heterocycles. The van der Waals surface area contributed by atoms with Gasteiger partial charge in [-0.1, -0.05) is 18.2 Å². The number of aryl methyl sites for hydroxylation is 1. The third-order valence-electron chi connectivity index (χ3n) is 7.77. The van der Waals surface area contributed by atoms with Crippen LogP contribution in [0.5, 0.6) is 0 Å². The van der Waals surface area contributed by atoms with Crippen LogP contribution < -0.4 is 5.32 Å². The first-order chi connectivity index (χ1) is 15.4. The van der Waals surface area contributed by atoms with Crippen molar-refractivity contribution in [1.29, 1.82) is 0 Å². The van der Waals surface area contributed by atoms with Crippen LogP contribution in [0.1, 0.15) is 55.2 Å². The Labute approximate surface area is 184 Å². The average molecular weight is 416 g/mol. The predicted octanol–water partition coefficient (Wildman–Crippen LogP) is 4.33. The van der Waals surface area contributed by atoms with Gasteiger partial charge in [-0.2, -0.15) is 0 Å². The molecule has 0 saturated carbocycles. The van der Waals surface area contributed by atoms with Gasteiger partial charge in [0.05, 0.1) is 29.3 Å². The number of piperidine rings is 2. The van der Waals surface area contributed by atoms with E-state index in [1.54, 1.807) is 0 Å². The fourth-order valence-corrected chi connectivity index (χ4v) is 6.27. The van der Waals surface area contributed by atoms with E-state index in [0.29, 0.717) is 12.0 Å². The molecule has 5 heteroatoms. The fourth-order valence-electron chi connectivity index (χ4n) is 6.27. The summed E-state index contributed by atoms with van der Waals surface area (Å²) in [6.45, 7) is 5.42. The van der Waals surface area contributed by atoms with Crippen LogP contribution >= 0.6 is 0 Å². The summed E-state index contributed by atoms with van der Waals surface area (Å²) >= 11 is 0. The van der Waals surface area contributed by atoms with E-state index in [0.717, 1.165) is 44.2 Å². The van der Waals surface area contributed by atoms with Crippen molar-refractivity contribution in [1.82, 2.24) is 24.8 Å². The van der Waals surface area contributed by atoms with Crippen molar-refractivity contribution in [2.45, 2.75) is 57.7 Å². The maximum atomic E-state index is 5.15. The van der Waals surface area contributed by atoms with Gasteiger partial charge in [-0.15, -0.1) is 0 Å². The molecule has 0 amide bonds. The van der Waals surface area contributed by atoms with Crippen molar-refractivity contribution in [2.24, 2.45) is 11.8 Å². The molecule has 2 fully saturated rings. The average Bonchev–Trinajstić information content (AvgIpc) is 3.16. The molecule has 3 aromatic rings. The largest absolute Gasteiger partial charge is 0.327 e. The SMILES string of the molecule is c1cnc2c(c1)CC[C@@H]1CCCN(Cc3nc4ccccc4n3CC3CCCNC3)[C@H]21. The summed E-state index contributed by atoms with van der Waals surface area (Å²) in [5, 5.41) is 3.59. The summed E-state index contributed by atoms with van der Waals surface area (Å²) in [7, 11) is 0. The Balaban J connectivity index is 1.34. The van der Waals surface area contributed by atoms with Gasteiger partial charge in [0.15, 0.2) is 0 Å². The van der Waals surface area contributed by atoms with E-state index in [4.69, 9.17) is 9.97 Å². The molecule has 162 valence electrons. The number of pyridine rings is 1. The molecule has 4 heterocycles. The minimum Gasteiger partial charge on any atom is -0.327 e. The summed E-state index contributed by atoms with van der Waals surface area (Å²) in [5.74, 6) is 2.66. The number of nitrogens with zero attached hydrogens (tertiary/aromatic N) is 4. The Morgan fingerprint density at radius 2 is 2.00 bits per heavy atom. The highest BCUT2D eigenvalue weighted by atomic mass is 15.2. The van der Waals surface area contributed by atoms with Gasteiger partial charge in [0.25, 0.3) is 0 Å². The van der Waals surface area contributed by atoms with Gasteiger partial charge in [-0.05, 0) is 93.8 Å². The van der Waals surface area contributed by atoms with Gasteiger partial charge < -0.3 is 9.88 Å². The maximum absolute atomic E-state index is 5.15. The Bertz CT molecular complexity index is 1050. The predicted molar refractivity (Wildman–Crippen MR) is 124 cm³/mol. The normalized spacial score (nSPS) is 26.5. The van der Waals surface area contributed by atoms with Crippen molar-refractivity contribution in [3.63, 3.8) is 0 Å². The molecule has 0 bridgehead atoms. The van der Waals surface area contributed by atoms with Gasteiger partial charge >= 0.3 is 0 Å². The lowest BCUT2D eigenvalue weighted by Crippen LogP contribution is -2.42. The third-order valence-corrected chi connectivity index (χ3v) is 7.77. The molecule has 1 aliphatic carbocycles. The van der Waals surface area contributed by atoms with Crippen molar-refractivity contribution in [3.05, 3.63) is 59.7 Å². The van der Waals surface area contributed by atoms with E-state index >= 15 is 0 Å². The van der Waals surface area contributed by atoms with Crippen LogP contribution in [0.15, 0.2) is 42.6 Å². The maximum Gasteiger partial charge on any atom is 0.124 e. The van der Waals surface area contributed by atoms with Crippen molar-refractivity contribution in [2.75, 3.05) is 19.6 Å². The lowest BCUT2D eigenvalue weighted by molar-refractivity contribution is 0.0661. The highest BCUT2D eigenvalue weighted by molar-refractivity contribution is 5.75.